The molecule has 0 N–H and O–H groups in total. The first-order chi connectivity index (χ1) is 12.5. The molecule has 3 atom stereocenters. The van der Waals surface area contributed by atoms with Gasteiger partial charge in [-0.05, 0) is 25.8 Å². The van der Waals surface area contributed by atoms with Gasteiger partial charge >= 0.3 is 18.0 Å². The number of nitrogens with zero attached hydrogens (tertiary/aromatic N) is 1. The van der Waals surface area contributed by atoms with Crippen molar-refractivity contribution in [2.45, 2.75) is 51.8 Å². The molecular weight excluding hydrogens is 338 g/mol. The quantitative estimate of drug-likeness (QED) is 0.522. The van der Waals surface area contributed by atoms with Gasteiger partial charge in [-0.3, -0.25) is 4.90 Å². The minimum atomic E-state index is -1.04. The summed E-state index contributed by atoms with van der Waals surface area (Å²) in [7, 11) is 0. The second-order valence-corrected chi connectivity index (χ2v) is 5.88. The standard InChI is InChI=1S/C19H25NO6/c1-4-10-14(17(21)24-5-2)20-15(18(22)25-6-3)16(26-19(20)23)13-11-8-7-9-12-13/h7-9,11-12,14-16H,4-6,10H2,1-3H3/t14?,15-,16+/m0/s1. The van der Waals surface area contributed by atoms with Crippen molar-refractivity contribution in [3.05, 3.63) is 35.9 Å². The Balaban J connectivity index is 2.42. The first-order valence-corrected chi connectivity index (χ1v) is 8.92. The van der Waals surface area contributed by atoms with Gasteiger partial charge in [0.05, 0.1) is 13.2 Å². The highest BCUT2D eigenvalue weighted by atomic mass is 16.6. The van der Waals surface area contributed by atoms with Crippen LogP contribution in [0.3, 0.4) is 0 Å². The molecule has 0 aliphatic carbocycles. The molecule has 1 aliphatic heterocycles. The van der Waals surface area contributed by atoms with Gasteiger partial charge in [0, 0.05) is 0 Å². The lowest BCUT2D eigenvalue weighted by molar-refractivity contribution is -0.154. The Labute approximate surface area is 153 Å². The predicted octanol–water partition coefficient (Wildman–Crippen LogP) is 2.84. The SMILES string of the molecule is CCCC(C(=O)OCC)N1C(=O)O[C@H](c2ccccc2)[C@H]1C(=O)OCC. The zero-order valence-electron chi connectivity index (χ0n) is 15.3. The molecule has 2 rings (SSSR count). The minimum absolute atomic E-state index is 0.163. The number of hydrogen-bond acceptors (Lipinski definition) is 6. The Morgan fingerprint density at radius 3 is 2.35 bits per heavy atom. The number of benzene rings is 1. The van der Waals surface area contributed by atoms with Crippen molar-refractivity contribution in [3.63, 3.8) is 0 Å². The second kappa shape index (κ2) is 9.22. The fourth-order valence-electron chi connectivity index (χ4n) is 3.05. The maximum atomic E-state index is 12.6. The average Bonchev–Trinajstić information content (AvgIpc) is 2.98. The third kappa shape index (κ3) is 4.15. The van der Waals surface area contributed by atoms with Crippen LogP contribution in [0.1, 0.15) is 45.3 Å². The predicted molar refractivity (Wildman–Crippen MR) is 93.3 cm³/mol. The Bertz CT molecular complexity index is 632. The van der Waals surface area contributed by atoms with Crippen molar-refractivity contribution in [3.8, 4) is 0 Å². The van der Waals surface area contributed by atoms with E-state index in [1.807, 2.05) is 13.0 Å². The number of hydrogen-bond donors (Lipinski definition) is 0. The summed E-state index contributed by atoms with van der Waals surface area (Å²) < 4.78 is 15.7. The zero-order chi connectivity index (χ0) is 19.1. The van der Waals surface area contributed by atoms with Crippen LogP contribution in [0.2, 0.25) is 0 Å². The van der Waals surface area contributed by atoms with Crippen LogP contribution in [0.4, 0.5) is 4.79 Å². The van der Waals surface area contributed by atoms with Crippen LogP contribution in [0, 0.1) is 0 Å². The molecule has 1 aliphatic rings. The highest BCUT2D eigenvalue weighted by Crippen LogP contribution is 2.35. The molecule has 7 heteroatoms. The summed E-state index contributed by atoms with van der Waals surface area (Å²) in [5, 5.41) is 0. The molecule has 1 unspecified atom stereocenters. The number of carbonyl (C=O) groups excluding carboxylic acids is 3. The van der Waals surface area contributed by atoms with E-state index in [1.54, 1.807) is 38.1 Å². The van der Waals surface area contributed by atoms with Crippen LogP contribution < -0.4 is 0 Å². The Morgan fingerprint density at radius 1 is 1.12 bits per heavy atom. The van der Waals surface area contributed by atoms with Gasteiger partial charge in [0.15, 0.2) is 12.1 Å². The minimum Gasteiger partial charge on any atom is -0.464 e. The molecule has 1 heterocycles. The van der Waals surface area contributed by atoms with E-state index in [2.05, 4.69) is 0 Å². The lowest BCUT2D eigenvalue weighted by atomic mass is 10.00. The summed E-state index contributed by atoms with van der Waals surface area (Å²) in [5.41, 5.74) is 0.667. The topological polar surface area (TPSA) is 82.1 Å². The summed E-state index contributed by atoms with van der Waals surface area (Å²) in [6.07, 6.45) is -0.551. The van der Waals surface area contributed by atoms with E-state index in [4.69, 9.17) is 14.2 Å². The third-order valence-electron chi connectivity index (χ3n) is 4.14. The molecule has 0 spiro atoms. The average molecular weight is 363 g/mol. The summed E-state index contributed by atoms with van der Waals surface area (Å²) in [6.45, 7) is 5.62. The monoisotopic (exact) mass is 363 g/mol. The highest BCUT2D eigenvalue weighted by molar-refractivity contribution is 5.89. The van der Waals surface area contributed by atoms with Crippen molar-refractivity contribution in [2.75, 3.05) is 13.2 Å². The summed E-state index contributed by atoms with van der Waals surface area (Å²) in [5.74, 6) is -1.15. The molecule has 7 nitrogen and oxygen atoms in total. The first-order valence-electron chi connectivity index (χ1n) is 8.92. The molecule has 1 aromatic rings. The Kier molecular flexibility index (Phi) is 7.00. The molecule has 26 heavy (non-hydrogen) atoms. The van der Waals surface area contributed by atoms with Crippen molar-refractivity contribution < 1.29 is 28.6 Å². The number of rotatable bonds is 8. The van der Waals surface area contributed by atoms with Crippen LogP contribution in [-0.2, 0) is 23.8 Å². The van der Waals surface area contributed by atoms with Crippen LogP contribution in [0.15, 0.2) is 30.3 Å². The van der Waals surface area contributed by atoms with Crippen LogP contribution in [-0.4, -0.2) is 48.2 Å². The Hall–Kier alpha value is -2.57. The number of esters is 2. The summed E-state index contributed by atoms with van der Waals surface area (Å²) in [6, 6.07) is 7.03. The van der Waals surface area contributed by atoms with E-state index in [9.17, 15) is 14.4 Å². The molecule has 0 bridgehead atoms. The van der Waals surface area contributed by atoms with Gasteiger partial charge in [0.2, 0.25) is 0 Å². The normalized spacial score (nSPS) is 20.4. The molecular formula is C19H25NO6. The van der Waals surface area contributed by atoms with Crippen LogP contribution in [0.25, 0.3) is 0 Å². The zero-order valence-corrected chi connectivity index (χ0v) is 15.3. The van der Waals surface area contributed by atoms with E-state index >= 15 is 0 Å². The first kappa shape index (κ1) is 19.8. The van der Waals surface area contributed by atoms with Gasteiger partial charge in [-0.2, -0.15) is 0 Å². The summed E-state index contributed by atoms with van der Waals surface area (Å²) >= 11 is 0. The molecule has 0 radical (unpaired) electrons. The smallest absolute Gasteiger partial charge is 0.412 e. The van der Waals surface area contributed by atoms with Gasteiger partial charge in [0.1, 0.15) is 6.04 Å². The van der Waals surface area contributed by atoms with Crippen molar-refractivity contribution >= 4 is 18.0 Å². The number of ether oxygens (including phenoxy) is 3. The molecule has 1 saturated heterocycles. The summed E-state index contributed by atoms with van der Waals surface area (Å²) in [4.78, 5) is 38.8. The van der Waals surface area contributed by atoms with E-state index in [0.29, 0.717) is 18.4 Å². The Morgan fingerprint density at radius 2 is 1.77 bits per heavy atom. The van der Waals surface area contributed by atoms with Gasteiger partial charge in [0.25, 0.3) is 0 Å². The number of amides is 1. The van der Waals surface area contributed by atoms with Crippen molar-refractivity contribution in [1.29, 1.82) is 0 Å². The number of cyclic esters (lactones) is 1. The van der Waals surface area contributed by atoms with Crippen LogP contribution in [0.5, 0.6) is 0 Å². The molecule has 0 aromatic heterocycles. The van der Waals surface area contributed by atoms with Gasteiger partial charge in [-0.1, -0.05) is 43.7 Å². The fourth-order valence-corrected chi connectivity index (χ4v) is 3.05. The van der Waals surface area contributed by atoms with E-state index in [0.717, 1.165) is 0 Å². The van der Waals surface area contributed by atoms with Gasteiger partial charge in [-0.25, -0.2) is 14.4 Å². The van der Waals surface area contributed by atoms with Gasteiger partial charge < -0.3 is 14.2 Å². The molecule has 1 aromatic carbocycles. The molecule has 1 amide bonds. The highest BCUT2D eigenvalue weighted by Gasteiger charge is 2.52. The molecule has 142 valence electrons. The largest absolute Gasteiger partial charge is 0.464 e. The van der Waals surface area contributed by atoms with Crippen molar-refractivity contribution in [2.24, 2.45) is 0 Å². The maximum absolute atomic E-state index is 12.6. The molecule has 0 saturated carbocycles. The number of carbonyl (C=O) groups is 3. The maximum Gasteiger partial charge on any atom is 0.412 e. The van der Waals surface area contributed by atoms with Gasteiger partial charge in [-0.15, -0.1) is 0 Å². The lowest BCUT2D eigenvalue weighted by Crippen LogP contribution is -2.51. The third-order valence-corrected chi connectivity index (χ3v) is 4.14. The second-order valence-electron chi connectivity index (χ2n) is 5.88. The fraction of sp³-hybridized carbons (Fsp3) is 0.526. The molecule has 1 fully saturated rings. The lowest BCUT2D eigenvalue weighted by Gasteiger charge is -2.29. The van der Waals surface area contributed by atoms with Crippen LogP contribution >= 0.6 is 0 Å². The van der Waals surface area contributed by atoms with E-state index in [-0.39, 0.29) is 13.2 Å². The van der Waals surface area contributed by atoms with E-state index in [1.165, 1.54) is 4.90 Å². The van der Waals surface area contributed by atoms with Crippen molar-refractivity contribution in [1.82, 2.24) is 4.90 Å². The van der Waals surface area contributed by atoms with E-state index < -0.39 is 36.2 Å².